The molecule has 0 spiro atoms. The summed E-state index contributed by atoms with van der Waals surface area (Å²) in [6, 6.07) is 13.1. The van der Waals surface area contributed by atoms with Gasteiger partial charge in [-0.25, -0.2) is 8.78 Å². The molecule has 4 rings (SSSR count). The molecule has 1 N–H and O–H groups in total. The topological polar surface area (TPSA) is 69.1 Å². The normalized spacial score (nSPS) is 26.6. The van der Waals surface area contributed by atoms with Crippen molar-refractivity contribution in [1.82, 2.24) is 0 Å². The van der Waals surface area contributed by atoms with Crippen molar-refractivity contribution in [3.8, 4) is 12.1 Å². The number of nitrogens with zero attached hydrogens (tertiary/aromatic N) is 2. The Morgan fingerprint density at radius 2 is 1.82 bits per heavy atom. The molecular formula is C22H16F2N3O+. The van der Waals surface area contributed by atoms with Crippen molar-refractivity contribution in [2.45, 2.75) is 24.9 Å². The van der Waals surface area contributed by atoms with Crippen molar-refractivity contribution in [2.75, 3.05) is 0 Å². The zero-order valence-electron chi connectivity index (χ0n) is 15.0. The lowest BCUT2D eigenvalue weighted by Gasteiger charge is -2.29. The molecule has 4 nitrogen and oxygen atoms in total. The molecule has 28 heavy (non-hydrogen) atoms. The van der Waals surface area contributed by atoms with Crippen molar-refractivity contribution >= 4 is 11.9 Å². The number of quaternary nitrogens is 1. The Balaban J connectivity index is 2.03. The molecular weight excluding hydrogens is 360 g/mol. The van der Waals surface area contributed by atoms with Gasteiger partial charge in [-0.3, -0.25) is 9.69 Å². The van der Waals surface area contributed by atoms with Crippen molar-refractivity contribution in [3.63, 3.8) is 0 Å². The van der Waals surface area contributed by atoms with Gasteiger partial charge in [-0.05, 0) is 17.7 Å². The average Bonchev–Trinajstić information content (AvgIpc) is 2.99. The molecule has 2 aliphatic rings. The quantitative estimate of drug-likeness (QED) is 0.876. The summed E-state index contributed by atoms with van der Waals surface area (Å²) >= 11 is 0. The van der Waals surface area contributed by atoms with Crippen LogP contribution in [0.3, 0.4) is 0 Å². The van der Waals surface area contributed by atoms with Crippen LogP contribution in [0.2, 0.25) is 0 Å². The van der Waals surface area contributed by atoms with Gasteiger partial charge in [0.05, 0.1) is 24.3 Å². The Morgan fingerprint density at radius 3 is 2.46 bits per heavy atom. The van der Waals surface area contributed by atoms with Crippen LogP contribution in [0.1, 0.15) is 35.6 Å². The van der Waals surface area contributed by atoms with Crippen molar-refractivity contribution < 1.29 is 18.5 Å². The number of rotatable bonds is 2. The molecule has 2 aliphatic heterocycles. The van der Waals surface area contributed by atoms with Crippen LogP contribution >= 0.6 is 0 Å². The molecule has 6 heteroatoms. The second-order valence-corrected chi connectivity index (χ2v) is 7.22. The fourth-order valence-corrected chi connectivity index (χ4v) is 4.75. The van der Waals surface area contributed by atoms with E-state index in [9.17, 15) is 24.1 Å². The maximum absolute atomic E-state index is 14.7. The van der Waals surface area contributed by atoms with Crippen LogP contribution in [0.5, 0.6) is 0 Å². The monoisotopic (exact) mass is 376 g/mol. The molecule has 4 atom stereocenters. The van der Waals surface area contributed by atoms with Gasteiger partial charge in [0.25, 0.3) is 0 Å². The van der Waals surface area contributed by atoms with Crippen molar-refractivity contribution in [2.24, 2.45) is 5.41 Å². The van der Waals surface area contributed by atoms with E-state index in [1.807, 2.05) is 30.3 Å². The second kappa shape index (κ2) is 6.37. The fraction of sp³-hybridized carbons (Fsp3) is 0.227. The minimum absolute atomic E-state index is 0.0116. The Morgan fingerprint density at radius 1 is 1.11 bits per heavy atom. The van der Waals surface area contributed by atoms with Crippen LogP contribution < -0.4 is 4.90 Å². The first-order chi connectivity index (χ1) is 13.4. The summed E-state index contributed by atoms with van der Waals surface area (Å²) in [5.74, 6) is -2.90. The molecule has 0 aliphatic carbocycles. The Bertz CT molecular complexity index is 1080. The maximum Gasteiger partial charge on any atom is 0.212 e. The highest BCUT2D eigenvalue weighted by atomic mass is 19.1. The number of halogens is 2. The number of ketones is 1. The van der Waals surface area contributed by atoms with Crippen LogP contribution in [-0.4, -0.2) is 11.8 Å². The van der Waals surface area contributed by atoms with Gasteiger partial charge in [0.2, 0.25) is 5.41 Å². The summed E-state index contributed by atoms with van der Waals surface area (Å²) in [6.07, 6.45) is 3.62. The summed E-state index contributed by atoms with van der Waals surface area (Å²) in [6.45, 7) is 1.38. The first kappa shape index (κ1) is 18.0. The van der Waals surface area contributed by atoms with Gasteiger partial charge in [0.15, 0.2) is 17.9 Å². The van der Waals surface area contributed by atoms with Gasteiger partial charge in [0.1, 0.15) is 11.6 Å². The maximum atomic E-state index is 14.7. The van der Waals surface area contributed by atoms with Crippen molar-refractivity contribution in [3.05, 3.63) is 77.0 Å². The van der Waals surface area contributed by atoms with Crippen molar-refractivity contribution in [1.29, 1.82) is 10.5 Å². The zero-order chi connectivity index (χ0) is 20.1. The number of fused-ring (bicyclic) bond motifs is 3. The molecule has 2 heterocycles. The van der Waals surface area contributed by atoms with Gasteiger partial charge in [-0.1, -0.05) is 30.3 Å². The number of nitrogens with one attached hydrogen (secondary N) is 1. The lowest BCUT2D eigenvalue weighted by Crippen LogP contribution is -3.11. The third kappa shape index (κ3) is 2.32. The van der Waals surface area contributed by atoms with E-state index in [1.165, 1.54) is 13.0 Å². The Labute approximate surface area is 160 Å². The number of Topliss-reactive ketones (excluding diaryl/α,β-unsaturated/α-hetero) is 1. The highest BCUT2D eigenvalue weighted by Gasteiger charge is 2.67. The Kier molecular flexibility index (Phi) is 4.10. The number of carbonyl (C=O) groups is 1. The predicted octanol–water partition coefficient (Wildman–Crippen LogP) is 2.66. The smallest absolute Gasteiger partial charge is 0.212 e. The van der Waals surface area contributed by atoms with E-state index < -0.39 is 35.1 Å². The molecule has 0 bridgehead atoms. The van der Waals surface area contributed by atoms with Crippen LogP contribution in [0.15, 0.2) is 48.7 Å². The highest BCUT2D eigenvalue weighted by Crippen LogP contribution is 2.51. The predicted molar refractivity (Wildman–Crippen MR) is 96.4 cm³/mol. The number of carbonyl (C=O) groups excluding carboxylic acids is 1. The lowest BCUT2D eigenvalue weighted by atomic mass is 9.67. The minimum Gasteiger partial charge on any atom is -0.293 e. The molecule has 0 radical (unpaired) electrons. The Hall–Kier alpha value is -3.35. The lowest BCUT2D eigenvalue weighted by molar-refractivity contribution is -0.885. The first-order valence-electron chi connectivity index (χ1n) is 8.86. The highest BCUT2D eigenvalue weighted by molar-refractivity contribution is 5.82. The molecule has 0 saturated carbocycles. The minimum atomic E-state index is -1.69. The van der Waals surface area contributed by atoms with Crippen LogP contribution in [0.4, 0.5) is 8.78 Å². The van der Waals surface area contributed by atoms with Crippen LogP contribution in [0.25, 0.3) is 6.08 Å². The van der Waals surface area contributed by atoms with E-state index in [1.54, 1.807) is 6.20 Å². The third-order valence-corrected chi connectivity index (χ3v) is 5.84. The fourth-order valence-electron chi connectivity index (χ4n) is 4.75. The number of nitriles is 2. The summed E-state index contributed by atoms with van der Waals surface area (Å²) in [5, 5.41) is 20.3. The average molecular weight is 376 g/mol. The number of hydrogen-bond acceptors (Lipinski definition) is 3. The van der Waals surface area contributed by atoms with E-state index in [0.717, 1.165) is 23.3 Å². The first-order valence-corrected chi connectivity index (χ1v) is 8.86. The van der Waals surface area contributed by atoms with Crippen LogP contribution in [-0.2, 0) is 4.79 Å². The van der Waals surface area contributed by atoms with E-state index >= 15 is 0 Å². The van der Waals surface area contributed by atoms with E-state index in [4.69, 9.17) is 0 Å². The van der Waals surface area contributed by atoms with E-state index in [0.29, 0.717) is 4.90 Å². The molecule has 2 aromatic carbocycles. The molecule has 0 amide bonds. The zero-order valence-corrected chi connectivity index (χ0v) is 15.0. The molecule has 2 aromatic rings. The summed E-state index contributed by atoms with van der Waals surface area (Å²) in [4.78, 5) is 13.3. The SMILES string of the molecule is CC(=O)[C@@H]1[C@@H](c2ccc(F)cc2F)C(C#N)(C#N)[C@H]2c3ccccc3C=C[NH+]12. The third-order valence-electron chi connectivity index (χ3n) is 5.84. The number of hydrogen-bond donors (Lipinski definition) is 1. The summed E-state index contributed by atoms with van der Waals surface area (Å²) in [5.41, 5.74) is -0.0592. The van der Waals surface area contributed by atoms with Gasteiger partial charge >= 0.3 is 0 Å². The molecule has 0 aromatic heterocycles. The summed E-state index contributed by atoms with van der Waals surface area (Å²) < 4.78 is 28.2. The molecule has 138 valence electrons. The summed E-state index contributed by atoms with van der Waals surface area (Å²) in [7, 11) is 0. The molecule has 1 fully saturated rings. The molecule has 1 saturated heterocycles. The number of benzene rings is 2. The van der Waals surface area contributed by atoms with E-state index in [2.05, 4.69) is 12.1 Å². The van der Waals surface area contributed by atoms with Gasteiger partial charge in [0, 0.05) is 24.1 Å². The standard InChI is InChI=1S/C22H15F2N3O/c1-13(28)20-19(17-7-6-15(23)10-18(17)24)22(11-25,12-26)21-16-5-3-2-4-14(16)8-9-27(20)21/h2-10,19-21H,1H3/p+1/t19-,20-,21-/m1/s1. The van der Waals surface area contributed by atoms with Gasteiger partial charge < -0.3 is 0 Å². The second-order valence-electron chi connectivity index (χ2n) is 7.22. The van der Waals surface area contributed by atoms with Gasteiger partial charge in [-0.15, -0.1) is 0 Å². The van der Waals surface area contributed by atoms with Gasteiger partial charge in [-0.2, -0.15) is 10.5 Å². The largest absolute Gasteiger partial charge is 0.293 e. The van der Waals surface area contributed by atoms with Crippen LogP contribution in [0, 0.1) is 39.7 Å². The molecule has 1 unspecified atom stereocenters. The van der Waals surface area contributed by atoms with E-state index in [-0.39, 0.29) is 11.3 Å².